The summed E-state index contributed by atoms with van der Waals surface area (Å²) in [5.74, 6) is 0.295. The van der Waals surface area contributed by atoms with Gasteiger partial charge in [0.15, 0.2) is 0 Å². The highest BCUT2D eigenvalue weighted by atomic mass is 35.5. The molecule has 1 N–H and O–H groups in total. The lowest BCUT2D eigenvalue weighted by molar-refractivity contribution is 0.0494. The second-order valence-corrected chi connectivity index (χ2v) is 6.01. The zero-order chi connectivity index (χ0) is 16.0. The lowest BCUT2D eigenvalue weighted by Crippen LogP contribution is -2.40. The van der Waals surface area contributed by atoms with Crippen LogP contribution in [-0.2, 0) is 10.6 Å². The number of halogens is 2. The Balaban J connectivity index is 2.50. The van der Waals surface area contributed by atoms with Gasteiger partial charge in [-0.2, -0.15) is 0 Å². The Morgan fingerprint density at radius 3 is 2.67 bits per heavy atom. The van der Waals surface area contributed by atoms with Gasteiger partial charge in [-0.25, -0.2) is 9.18 Å². The summed E-state index contributed by atoms with van der Waals surface area (Å²) in [4.78, 5) is 11.6. The molecule has 118 valence electrons. The molecule has 4 nitrogen and oxygen atoms in total. The number of rotatable bonds is 5. The van der Waals surface area contributed by atoms with Gasteiger partial charge in [0.2, 0.25) is 0 Å². The van der Waals surface area contributed by atoms with Gasteiger partial charge in [-0.3, -0.25) is 0 Å². The smallest absolute Gasteiger partial charge is 0.407 e. The van der Waals surface area contributed by atoms with Gasteiger partial charge in [-0.05, 0) is 45.9 Å². The van der Waals surface area contributed by atoms with Crippen LogP contribution in [0, 0.1) is 5.82 Å². The number of ether oxygens (including phenoxy) is 2. The highest BCUT2D eigenvalue weighted by Gasteiger charge is 2.18. The average molecular weight is 318 g/mol. The molecule has 0 unspecified atom stereocenters. The molecule has 0 saturated carbocycles. The van der Waals surface area contributed by atoms with Crippen LogP contribution in [0.4, 0.5) is 9.18 Å². The molecule has 1 rings (SSSR count). The molecule has 1 amide bonds. The summed E-state index contributed by atoms with van der Waals surface area (Å²) in [5.41, 5.74) is 0.0223. The van der Waals surface area contributed by atoms with Crippen LogP contribution in [0.2, 0.25) is 0 Å². The summed E-state index contributed by atoms with van der Waals surface area (Å²) in [7, 11) is 0. The topological polar surface area (TPSA) is 47.6 Å². The Morgan fingerprint density at radius 1 is 1.43 bits per heavy atom. The van der Waals surface area contributed by atoms with E-state index >= 15 is 0 Å². The number of hydrogen-bond acceptors (Lipinski definition) is 3. The molecule has 0 aliphatic carbocycles. The number of benzene rings is 1. The Kier molecular flexibility index (Phi) is 6.27. The van der Waals surface area contributed by atoms with Gasteiger partial charge in [0.25, 0.3) is 0 Å². The molecule has 0 heterocycles. The quantitative estimate of drug-likeness (QED) is 0.839. The molecule has 0 spiro atoms. The molecular weight excluding hydrogens is 297 g/mol. The molecule has 21 heavy (non-hydrogen) atoms. The number of nitrogens with one attached hydrogen (secondary N) is 1. The predicted octanol–water partition coefficient (Wildman–Crippen LogP) is 3.86. The summed E-state index contributed by atoms with van der Waals surface area (Å²) < 4.78 is 23.8. The molecule has 0 aromatic heterocycles. The van der Waals surface area contributed by atoms with Crippen molar-refractivity contribution in [3.05, 3.63) is 29.6 Å². The van der Waals surface area contributed by atoms with Gasteiger partial charge in [-0.15, -0.1) is 11.6 Å². The zero-order valence-corrected chi connectivity index (χ0v) is 13.5. The van der Waals surface area contributed by atoms with E-state index < -0.39 is 11.7 Å². The SMILES string of the molecule is C[C@H](COc1ccc(F)cc1CCl)NC(=O)OC(C)(C)C. The maximum absolute atomic E-state index is 13.1. The first-order valence-corrected chi connectivity index (χ1v) is 7.21. The molecule has 6 heteroatoms. The van der Waals surface area contributed by atoms with Crippen molar-refractivity contribution in [1.29, 1.82) is 0 Å². The van der Waals surface area contributed by atoms with E-state index in [0.717, 1.165) is 0 Å². The highest BCUT2D eigenvalue weighted by Crippen LogP contribution is 2.21. The molecule has 0 aliphatic rings. The number of alkyl halides is 1. The van der Waals surface area contributed by atoms with E-state index in [-0.39, 0.29) is 24.3 Å². The van der Waals surface area contributed by atoms with E-state index in [0.29, 0.717) is 11.3 Å². The minimum atomic E-state index is -0.548. The van der Waals surface area contributed by atoms with Crippen molar-refractivity contribution in [1.82, 2.24) is 5.32 Å². The van der Waals surface area contributed by atoms with Crippen molar-refractivity contribution in [3.63, 3.8) is 0 Å². The van der Waals surface area contributed by atoms with Crippen LogP contribution < -0.4 is 10.1 Å². The van der Waals surface area contributed by atoms with E-state index in [1.54, 1.807) is 27.7 Å². The fourth-order valence-corrected chi connectivity index (χ4v) is 1.77. The fourth-order valence-electron chi connectivity index (χ4n) is 1.56. The van der Waals surface area contributed by atoms with Crippen molar-refractivity contribution in [2.45, 2.75) is 45.2 Å². The molecule has 0 fully saturated rings. The maximum atomic E-state index is 13.1. The minimum absolute atomic E-state index is 0.154. The number of amides is 1. The molecule has 0 radical (unpaired) electrons. The number of carbonyl (C=O) groups excluding carboxylic acids is 1. The second-order valence-electron chi connectivity index (χ2n) is 5.74. The lowest BCUT2D eigenvalue weighted by Gasteiger charge is -2.22. The first kappa shape index (κ1) is 17.6. The third-order valence-electron chi connectivity index (χ3n) is 2.42. The Morgan fingerprint density at radius 2 is 2.10 bits per heavy atom. The van der Waals surface area contributed by atoms with Crippen molar-refractivity contribution in [2.75, 3.05) is 6.61 Å². The van der Waals surface area contributed by atoms with Gasteiger partial charge in [0, 0.05) is 5.56 Å². The number of alkyl carbamates (subject to hydrolysis) is 1. The van der Waals surface area contributed by atoms with E-state index in [2.05, 4.69) is 5.32 Å². The molecule has 0 saturated heterocycles. The van der Waals surface area contributed by atoms with Crippen molar-refractivity contribution in [3.8, 4) is 5.75 Å². The Labute approximate surface area is 129 Å². The van der Waals surface area contributed by atoms with E-state index in [1.165, 1.54) is 18.2 Å². The molecule has 1 aromatic rings. The highest BCUT2D eigenvalue weighted by molar-refractivity contribution is 6.17. The standard InChI is InChI=1S/C15H21ClFNO3/c1-10(18-14(19)21-15(2,3)4)9-20-13-6-5-12(17)7-11(13)8-16/h5-7,10H,8-9H2,1-4H3,(H,18,19)/t10-/m1/s1. The monoisotopic (exact) mass is 317 g/mol. The Hall–Kier alpha value is -1.49. The van der Waals surface area contributed by atoms with E-state index in [9.17, 15) is 9.18 Å². The number of carbonyl (C=O) groups is 1. The predicted molar refractivity (Wildman–Crippen MR) is 80.3 cm³/mol. The van der Waals surface area contributed by atoms with Crippen molar-refractivity contribution >= 4 is 17.7 Å². The molecular formula is C15H21ClFNO3. The van der Waals surface area contributed by atoms with Gasteiger partial charge in [0.1, 0.15) is 23.8 Å². The maximum Gasteiger partial charge on any atom is 0.407 e. The minimum Gasteiger partial charge on any atom is -0.491 e. The van der Waals surface area contributed by atoms with Gasteiger partial charge in [0.05, 0.1) is 11.9 Å². The van der Waals surface area contributed by atoms with Gasteiger partial charge < -0.3 is 14.8 Å². The van der Waals surface area contributed by atoms with E-state index in [4.69, 9.17) is 21.1 Å². The average Bonchev–Trinajstić information content (AvgIpc) is 2.34. The van der Waals surface area contributed by atoms with Gasteiger partial charge in [-0.1, -0.05) is 0 Å². The summed E-state index contributed by atoms with van der Waals surface area (Å²) in [6.45, 7) is 7.39. The van der Waals surface area contributed by atoms with Crippen molar-refractivity contribution < 1.29 is 18.7 Å². The molecule has 0 aliphatic heterocycles. The van der Waals surface area contributed by atoms with Crippen LogP contribution >= 0.6 is 11.6 Å². The van der Waals surface area contributed by atoms with Crippen LogP contribution in [0.15, 0.2) is 18.2 Å². The van der Waals surface area contributed by atoms with Crippen LogP contribution in [-0.4, -0.2) is 24.3 Å². The number of hydrogen-bond donors (Lipinski definition) is 1. The normalized spacial score (nSPS) is 12.7. The lowest BCUT2D eigenvalue weighted by atomic mass is 10.2. The third kappa shape index (κ3) is 6.67. The van der Waals surface area contributed by atoms with Crippen LogP contribution in [0.3, 0.4) is 0 Å². The summed E-state index contributed by atoms with van der Waals surface area (Å²) >= 11 is 5.74. The first-order chi connectivity index (χ1) is 9.71. The van der Waals surface area contributed by atoms with E-state index in [1.807, 2.05) is 0 Å². The zero-order valence-electron chi connectivity index (χ0n) is 12.7. The van der Waals surface area contributed by atoms with Crippen LogP contribution in [0.1, 0.15) is 33.3 Å². The third-order valence-corrected chi connectivity index (χ3v) is 2.71. The summed E-state index contributed by atoms with van der Waals surface area (Å²) in [6.07, 6.45) is -0.504. The summed E-state index contributed by atoms with van der Waals surface area (Å²) in [6, 6.07) is 3.90. The van der Waals surface area contributed by atoms with Gasteiger partial charge >= 0.3 is 6.09 Å². The molecule has 1 aromatic carbocycles. The molecule has 0 bridgehead atoms. The molecule has 1 atom stereocenters. The Bertz CT molecular complexity index is 488. The first-order valence-electron chi connectivity index (χ1n) is 6.68. The largest absolute Gasteiger partial charge is 0.491 e. The van der Waals surface area contributed by atoms with Crippen molar-refractivity contribution in [2.24, 2.45) is 0 Å². The fraction of sp³-hybridized carbons (Fsp3) is 0.533. The second kappa shape index (κ2) is 7.50. The summed E-state index contributed by atoms with van der Waals surface area (Å²) in [5, 5.41) is 2.66. The van der Waals surface area contributed by atoms with Crippen LogP contribution in [0.25, 0.3) is 0 Å². The van der Waals surface area contributed by atoms with Crippen LogP contribution in [0.5, 0.6) is 5.75 Å².